The number of hydrogen-bond acceptors (Lipinski definition) is 10. The number of fused-ring (bicyclic) bond motifs is 4. The van der Waals surface area contributed by atoms with Gasteiger partial charge in [0.15, 0.2) is 11.6 Å². The second kappa shape index (κ2) is 14.3. The van der Waals surface area contributed by atoms with E-state index in [4.69, 9.17) is 9.97 Å². The van der Waals surface area contributed by atoms with E-state index >= 15 is 0 Å². The van der Waals surface area contributed by atoms with Gasteiger partial charge in [0.1, 0.15) is 11.0 Å². The SMILES string of the molecule is Cc1cc(-c2ccc3nc(C4CCNCC4)nnc3c2)cc2cn(C)nc12.Cc1cc(-c2nnc3cc(C4CCNCC4)ccc3n2)cc2cn(C)nc12. The van der Waals surface area contributed by atoms with Gasteiger partial charge in [-0.05, 0) is 148 Å². The standard InChI is InChI=1S/2C21H22N6/c1-13-9-16(10-17-12-27(2)26-20(13)17)15-3-4-18-19(11-15)24-25-21(23-18)14-5-7-22-8-6-14;1-13-9-16(10-17-12-27(2)26-20(13)17)21-23-18-4-3-15(11-19(18)24-25-21)14-5-7-22-8-6-14/h2*3-4,9-12,14,22H,5-8H2,1-2H3. The van der Waals surface area contributed by atoms with E-state index in [1.54, 1.807) is 0 Å². The molecule has 0 atom stereocenters. The second-order valence-corrected chi connectivity index (χ2v) is 14.9. The maximum absolute atomic E-state index is 4.79. The molecule has 4 aromatic carbocycles. The van der Waals surface area contributed by atoms with E-state index in [1.807, 2.05) is 29.7 Å². The average molecular weight is 717 g/mol. The highest BCUT2D eigenvalue weighted by atomic mass is 15.3. The molecule has 0 radical (unpaired) electrons. The van der Waals surface area contributed by atoms with Gasteiger partial charge < -0.3 is 10.6 Å². The fourth-order valence-corrected chi connectivity index (χ4v) is 8.02. The van der Waals surface area contributed by atoms with Crippen LogP contribution in [0, 0.1) is 13.8 Å². The molecular formula is C42H44N12. The van der Waals surface area contributed by atoms with Gasteiger partial charge in [0.05, 0.1) is 22.1 Å². The zero-order valence-electron chi connectivity index (χ0n) is 31.2. The predicted molar refractivity (Wildman–Crippen MR) is 213 cm³/mol. The lowest BCUT2D eigenvalue weighted by atomic mass is 9.90. The van der Waals surface area contributed by atoms with Crippen molar-refractivity contribution in [2.24, 2.45) is 14.1 Å². The molecule has 0 amide bonds. The maximum atomic E-state index is 4.79. The Balaban J connectivity index is 0.000000142. The molecule has 54 heavy (non-hydrogen) atoms. The molecule has 4 aromatic heterocycles. The summed E-state index contributed by atoms with van der Waals surface area (Å²) in [6.07, 6.45) is 8.58. The van der Waals surface area contributed by atoms with Gasteiger partial charge in [0.2, 0.25) is 0 Å². The Morgan fingerprint density at radius 1 is 0.537 bits per heavy atom. The van der Waals surface area contributed by atoms with Crippen molar-refractivity contribution in [2.75, 3.05) is 26.2 Å². The number of aryl methyl sites for hydroxylation is 4. The lowest BCUT2D eigenvalue weighted by Crippen LogP contribution is -2.27. The van der Waals surface area contributed by atoms with Gasteiger partial charge in [-0.1, -0.05) is 12.1 Å². The van der Waals surface area contributed by atoms with Crippen molar-refractivity contribution in [2.45, 2.75) is 51.4 Å². The zero-order chi connectivity index (χ0) is 36.8. The van der Waals surface area contributed by atoms with E-state index in [0.29, 0.717) is 17.7 Å². The number of hydrogen-bond donors (Lipinski definition) is 2. The molecule has 12 nitrogen and oxygen atoms in total. The first kappa shape index (κ1) is 34.1. The number of rotatable bonds is 4. The fourth-order valence-electron chi connectivity index (χ4n) is 8.02. The van der Waals surface area contributed by atoms with Crippen molar-refractivity contribution in [3.05, 3.63) is 95.6 Å². The molecule has 10 rings (SSSR count). The molecular weight excluding hydrogens is 673 g/mol. The van der Waals surface area contributed by atoms with Crippen LogP contribution in [0.3, 0.4) is 0 Å². The van der Waals surface area contributed by atoms with E-state index in [0.717, 1.165) is 105 Å². The molecule has 2 aliphatic rings. The van der Waals surface area contributed by atoms with Crippen LogP contribution in [0.4, 0.5) is 0 Å². The summed E-state index contributed by atoms with van der Waals surface area (Å²) >= 11 is 0. The Morgan fingerprint density at radius 3 is 1.81 bits per heavy atom. The molecule has 2 aliphatic heterocycles. The Morgan fingerprint density at radius 2 is 1.11 bits per heavy atom. The summed E-state index contributed by atoms with van der Waals surface area (Å²) in [6.45, 7) is 8.40. The number of benzene rings is 4. The van der Waals surface area contributed by atoms with Crippen LogP contribution in [0.15, 0.2) is 73.1 Å². The van der Waals surface area contributed by atoms with Crippen LogP contribution in [0.2, 0.25) is 0 Å². The minimum atomic E-state index is 0.415. The normalized spacial score (nSPS) is 15.6. The third kappa shape index (κ3) is 6.78. The maximum Gasteiger partial charge on any atom is 0.182 e. The zero-order valence-corrected chi connectivity index (χ0v) is 31.2. The monoisotopic (exact) mass is 716 g/mol. The Labute approximate surface area is 313 Å². The molecule has 6 heterocycles. The first-order valence-corrected chi connectivity index (χ1v) is 18.9. The van der Waals surface area contributed by atoms with Gasteiger partial charge in [-0.3, -0.25) is 9.36 Å². The van der Waals surface area contributed by atoms with Gasteiger partial charge >= 0.3 is 0 Å². The second-order valence-electron chi connectivity index (χ2n) is 14.9. The lowest BCUT2D eigenvalue weighted by Gasteiger charge is -2.23. The van der Waals surface area contributed by atoms with E-state index in [2.05, 4.69) is 122 Å². The Hall–Kier alpha value is -5.72. The lowest BCUT2D eigenvalue weighted by molar-refractivity contribution is 0.443. The predicted octanol–water partition coefficient (Wildman–Crippen LogP) is 6.71. The summed E-state index contributed by atoms with van der Waals surface area (Å²) < 4.78 is 3.70. The molecule has 12 heteroatoms. The largest absolute Gasteiger partial charge is 0.317 e. The number of piperidine rings is 2. The minimum absolute atomic E-state index is 0.415. The van der Waals surface area contributed by atoms with E-state index in [9.17, 15) is 0 Å². The first-order chi connectivity index (χ1) is 26.3. The van der Waals surface area contributed by atoms with Gasteiger partial charge in [0.25, 0.3) is 0 Å². The van der Waals surface area contributed by atoms with Gasteiger partial charge in [0, 0.05) is 48.7 Å². The summed E-state index contributed by atoms with van der Waals surface area (Å²) in [5.74, 6) is 2.56. The third-order valence-corrected chi connectivity index (χ3v) is 10.9. The summed E-state index contributed by atoms with van der Waals surface area (Å²) in [5, 5.41) is 35.9. The highest BCUT2D eigenvalue weighted by Crippen LogP contribution is 2.31. The van der Waals surface area contributed by atoms with Crippen molar-refractivity contribution in [3.8, 4) is 22.5 Å². The number of nitrogens with one attached hydrogen (secondary N) is 2. The van der Waals surface area contributed by atoms with Gasteiger partial charge in [-0.15, -0.1) is 20.4 Å². The molecule has 8 aromatic rings. The van der Waals surface area contributed by atoms with Crippen molar-refractivity contribution in [3.63, 3.8) is 0 Å². The molecule has 0 spiro atoms. The summed E-state index contributed by atoms with van der Waals surface area (Å²) in [6, 6.07) is 21.2. The van der Waals surface area contributed by atoms with Crippen molar-refractivity contribution in [1.82, 2.24) is 60.6 Å². The quantitative estimate of drug-likeness (QED) is 0.202. The molecule has 0 saturated carbocycles. The molecule has 2 saturated heterocycles. The van der Waals surface area contributed by atoms with Crippen LogP contribution >= 0.6 is 0 Å². The average Bonchev–Trinajstić information content (AvgIpc) is 3.79. The van der Waals surface area contributed by atoms with Crippen LogP contribution in [-0.4, -0.2) is 76.1 Å². The van der Waals surface area contributed by atoms with Gasteiger partial charge in [-0.25, -0.2) is 9.97 Å². The number of aromatic nitrogens is 10. The van der Waals surface area contributed by atoms with Crippen LogP contribution < -0.4 is 10.6 Å². The fraction of sp³-hybridized carbons (Fsp3) is 0.333. The summed E-state index contributed by atoms with van der Waals surface area (Å²) in [7, 11) is 3.89. The highest BCUT2D eigenvalue weighted by molar-refractivity contribution is 5.89. The van der Waals surface area contributed by atoms with Crippen LogP contribution in [0.1, 0.15) is 60.0 Å². The molecule has 0 unspecified atom stereocenters. The van der Waals surface area contributed by atoms with Crippen LogP contribution in [0.25, 0.3) is 66.4 Å². The summed E-state index contributed by atoms with van der Waals surface area (Å²) in [5.41, 5.74) is 12.5. The Kier molecular flexibility index (Phi) is 9.00. The van der Waals surface area contributed by atoms with Crippen molar-refractivity contribution < 1.29 is 0 Å². The van der Waals surface area contributed by atoms with Crippen LogP contribution in [0.5, 0.6) is 0 Å². The van der Waals surface area contributed by atoms with E-state index < -0.39 is 0 Å². The Bertz CT molecular complexity index is 2460. The van der Waals surface area contributed by atoms with E-state index in [-0.39, 0.29) is 0 Å². The molecule has 2 N–H and O–H groups in total. The van der Waals surface area contributed by atoms with Crippen molar-refractivity contribution >= 4 is 43.9 Å². The van der Waals surface area contributed by atoms with E-state index in [1.165, 1.54) is 29.5 Å². The van der Waals surface area contributed by atoms with Crippen molar-refractivity contribution in [1.29, 1.82) is 0 Å². The molecule has 272 valence electrons. The smallest absolute Gasteiger partial charge is 0.182 e. The van der Waals surface area contributed by atoms with Gasteiger partial charge in [-0.2, -0.15) is 10.2 Å². The molecule has 2 fully saturated rings. The minimum Gasteiger partial charge on any atom is -0.317 e. The third-order valence-electron chi connectivity index (χ3n) is 10.9. The first-order valence-electron chi connectivity index (χ1n) is 18.9. The molecule has 0 aliphatic carbocycles. The highest BCUT2D eigenvalue weighted by Gasteiger charge is 2.20. The van der Waals surface area contributed by atoms with Crippen LogP contribution in [-0.2, 0) is 14.1 Å². The molecule has 0 bridgehead atoms. The number of nitrogens with zero attached hydrogens (tertiary/aromatic N) is 10. The summed E-state index contributed by atoms with van der Waals surface area (Å²) in [4.78, 5) is 9.56. The topological polar surface area (TPSA) is 137 Å².